The van der Waals surface area contributed by atoms with Crippen molar-refractivity contribution in [3.05, 3.63) is 0 Å². The highest BCUT2D eigenvalue weighted by molar-refractivity contribution is 4.83. The molecule has 2 N–H and O–H groups in total. The first-order chi connectivity index (χ1) is 5.16. The zero-order valence-corrected chi connectivity index (χ0v) is 7.60. The number of hydrogen-bond acceptors (Lipinski definition) is 2. The summed E-state index contributed by atoms with van der Waals surface area (Å²) in [6, 6.07) is 0.444. The Hall–Kier alpha value is -0.0800. The molecule has 0 radical (unpaired) electrons. The molecule has 0 saturated heterocycles. The maximum Gasteiger partial charge on any atom is 0.0516 e. The second kappa shape index (κ2) is 3.55. The Labute approximate surface area is 69.1 Å². The average Bonchev–Trinajstić information content (AvgIpc) is 1.97. The fourth-order valence-electron chi connectivity index (χ4n) is 1.83. The first-order valence-corrected chi connectivity index (χ1v) is 4.41. The molecule has 0 unspecified atom stereocenters. The number of rotatable bonds is 2. The lowest BCUT2D eigenvalue weighted by molar-refractivity contribution is 0.0587. The normalized spacial score (nSPS) is 39.0. The third kappa shape index (κ3) is 2.46. The Morgan fingerprint density at radius 3 is 2.45 bits per heavy atom. The van der Waals surface area contributed by atoms with Crippen molar-refractivity contribution in [2.75, 3.05) is 13.7 Å². The van der Waals surface area contributed by atoms with Crippen molar-refractivity contribution in [3.63, 3.8) is 0 Å². The van der Waals surface area contributed by atoms with E-state index in [1.54, 1.807) is 7.11 Å². The molecule has 1 saturated carbocycles. The van der Waals surface area contributed by atoms with Gasteiger partial charge in [-0.25, -0.2) is 0 Å². The van der Waals surface area contributed by atoms with E-state index in [1.165, 1.54) is 25.7 Å². The molecule has 11 heavy (non-hydrogen) atoms. The van der Waals surface area contributed by atoms with Gasteiger partial charge in [-0.1, -0.05) is 6.92 Å². The van der Waals surface area contributed by atoms with Crippen molar-refractivity contribution in [3.8, 4) is 0 Å². The van der Waals surface area contributed by atoms with Crippen LogP contribution in [-0.4, -0.2) is 19.8 Å². The zero-order chi connectivity index (χ0) is 8.32. The molecule has 1 rings (SSSR count). The zero-order valence-electron chi connectivity index (χ0n) is 7.60. The third-order valence-electron chi connectivity index (χ3n) is 2.73. The van der Waals surface area contributed by atoms with E-state index in [0.29, 0.717) is 11.5 Å². The summed E-state index contributed by atoms with van der Waals surface area (Å²) in [5.41, 5.74) is 6.22. The van der Waals surface area contributed by atoms with Crippen molar-refractivity contribution < 1.29 is 4.74 Å². The molecule has 66 valence electrons. The van der Waals surface area contributed by atoms with E-state index in [9.17, 15) is 0 Å². The van der Waals surface area contributed by atoms with Crippen LogP contribution in [-0.2, 0) is 4.74 Å². The molecular weight excluding hydrogens is 138 g/mol. The van der Waals surface area contributed by atoms with Crippen LogP contribution in [0.15, 0.2) is 0 Å². The van der Waals surface area contributed by atoms with Gasteiger partial charge in [0.1, 0.15) is 0 Å². The minimum Gasteiger partial charge on any atom is -0.384 e. The molecule has 0 atom stereocenters. The average molecular weight is 157 g/mol. The van der Waals surface area contributed by atoms with E-state index >= 15 is 0 Å². The smallest absolute Gasteiger partial charge is 0.0516 e. The number of ether oxygens (including phenoxy) is 1. The van der Waals surface area contributed by atoms with Gasteiger partial charge in [-0.15, -0.1) is 0 Å². The molecule has 2 heteroatoms. The molecular formula is C9H19NO. The predicted octanol–water partition coefficient (Wildman–Crippen LogP) is 1.54. The van der Waals surface area contributed by atoms with E-state index in [-0.39, 0.29) is 0 Å². The van der Waals surface area contributed by atoms with Gasteiger partial charge in [0.05, 0.1) is 6.61 Å². The van der Waals surface area contributed by atoms with Crippen molar-refractivity contribution in [1.29, 1.82) is 0 Å². The largest absolute Gasteiger partial charge is 0.384 e. The summed E-state index contributed by atoms with van der Waals surface area (Å²) in [6.07, 6.45) is 4.78. The number of hydrogen-bond donors (Lipinski definition) is 1. The van der Waals surface area contributed by atoms with E-state index < -0.39 is 0 Å². The molecule has 0 aromatic rings. The molecule has 0 heterocycles. The van der Waals surface area contributed by atoms with E-state index in [4.69, 9.17) is 10.5 Å². The molecule has 2 nitrogen and oxygen atoms in total. The first-order valence-electron chi connectivity index (χ1n) is 4.41. The van der Waals surface area contributed by atoms with Crippen molar-refractivity contribution >= 4 is 0 Å². The molecule has 1 aliphatic carbocycles. The highest BCUT2D eigenvalue weighted by atomic mass is 16.5. The predicted molar refractivity (Wildman–Crippen MR) is 46.4 cm³/mol. The first kappa shape index (κ1) is 9.01. The Bertz CT molecular complexity index is 117. The topological polar surface area (TPSA) is 35.2 Å². The van der Waals surface area contributed by atoms with Crippen molar-refractivity contribution in [2.24, 2.45) is 11.1 Å². The summed E-state index contributed by atoms with van der Waals surface area (Å²) in [5.74, 6) is 0. The van der Waals surface area contributed by atoms with Gasteiger partial charge >= 0.3 is 0 Å². The van der Waals surface area contributed by atoms with Gasteiger partial charge in [-0.3, -0.25) is 0 Å². The lowest BCUT2D eigenvalue weighted by Crippen LogP contribution is -2.34. The summed E-state index contributed by atoms with van der Waals surface area (Å²) >= 11 is 0. The van der Waals surface area contributed by atoms with Gasteiger partial charge in [0.15, 0.2) is 0 Å². The monoisotopic (exact) mass is 157 g/mol. The molecule has 0 aliphatic heterocycles. The van der Waals surface area contributed by atoms with E-state index in [1.807, 2.05) is 0 Å². The van der Waals surface area contributed by atoms with Crippen LogP contribution in [0.4, 0.5) is 0 Å². The summed E-state index contributed by atoms with van der Waals surface area (Å²) in [6.45, 7) is 3.18. The highest BCUT2D eigenvalue weighted by Gasteiger charge is 2.29. The van der Waals surface area contributed by atoms with Gasteiger partial charge in [0, 0.05) is 13.2 Å². The maximum atomic E-state index is 5.81. The van der Waals surface area contributed by atoms with Gasteiger partial charge < -0.3 is 10.5 Å². The molecule has 0 spiro atoms. The fraction of sp³-hybridized carbons (Fsp3) is 1.00. The van der Waals surface area contributed by atoms with Gasteiger partial charge in [-0.2, -0.15) is 0 Å². The van der Waals surface area contributed by atoms with Gasteiger partial charge in [0.25, 0.3) is 0 Å². The summed E-state index contributed by atoms with van der Waals surface area (Å²) < 4.78 is 5.18. The third-order valence-corrected chi connectivity index (χ3v) is 2.73. The summed E-state index contributed by atoms with van der Waals surface area (Å²) in [4.78, 5) is 0. The Morgan fingerprint density at radius 1 is 1.45 bits per heavy atom. The molecule has 0 aromatic carbocycles. The second-order valence-electron chi connectivity index (χ2n) is 4.08. The Kier molecular flexibility index (Phi) is 2.90. The SMILES string of the molecule is COCC1(C)CCC(N)CC1. The summed E-state index contributed by atoms with van der Waals surface area (Å²) in [7, 11) is 1.78. The van der Waals surface area contributed by atoms with E-state index in [2.05, 4.69) is 6.92 Å². The molecule has 0 aromatic heterocycles. The molecule has 0 amide bonds. The van der Waals surface area contributed by atoms with Crippen LogP contribution >= 0.6 is 0 Å². The van der Waals surface area contributed by atoms with Gasteiger partial charge in [0.2, 0.25) is 0 Å². The van der Waals surface area contributed by atoms with Gasteiger partial charge in [-0.05, 0) is 31.1 Å². The van der Waals surface area contributed by atoms with Crippen molar-refractivity contribution in [1.82, 2.24) is 0 Å². The quantitative estimate of drug-likeness (QED) is 0.660. The number of methoxy groups -OCH3 is 1. The van der Waals surface area contributed by atoms with Crippen LogP contribution < -0.4 is 5.73 Å². The maximum absolute atomic E-state index is 5.81. The molecule has 0 bridgehead atoms. The van der Waals surface area contributed by atoms with Crippen LogP contribution in [0.2, 0.25) is 0 Å². The second-order valence-corrected chi connectivity index (χ2v) is 4.08. The minimum absolute atomic E-state index is 0.407. The van der Waals surface area contributed by atoms with Crippen LogP contribution in [0.25, 0.3) is 0 Å². The lowest BCUT2D eigenvalue weighted by atomic mass is 9.75. The van der Waals surface area contributed by atoms with Crippen LogP contribution in [0.3, 0.4) is 0 Å². The van der Waals surface area contributed by atoms with Crippen LogP contribution in [0, 0.1) is 5.41 Å². The summed E-state index contributed by atoms with van der Waals surface area (Å²) in [5, 5.41) is 0. The molecule has 1 fully saturated rings. The number of nitrogens with two attached hydrogens (primary N) is 1. The fourth-order valence-corrected chi connectivity index (χ4v) is 1.83. The van der Waals surface area contributed by atoms with Crippen LogP contribution in [0.1, 0.15) is 32.6 Å². The highest BCUT2D eigenvalue weighted by Crippen LogP contribution is 2.35. The molecule has 1 aliphatic rings. The Balaban J connectivity index is 2.35. The Morgan fingerprint density at radius 2 is 2.00 bits per heavy atom. The lowest BCUT2D eigenvalue weighted by Gasteiger charge is -2.35. The standard InChI is InChI=1S/C9H19NO/c1-9(7-11-2)5-3-8(10)4-6-9/h8H,3-7,10H2,1-2H3. The van der Waals surface area contributed by atoms with Crippen LogP contribution in [0.5, 0.6) is 0 Å². The van der Waals surface area contributed by atoms with E-state index in [0.717, 1.165) is 6.61 Å². The van der Waals surface area contributed by atoms with Crippen molar-refractivity contribution in [2.45, 2.75) is 38.6 Å². The minimum atomic E-state index is 0.407.